The summed E-state index contributed by atoms with van der Waals surface area (Å²) in [6.07, 6.45) is 2.56. The molecule has 1 N–H and O–H groups in total. The molecule has 4 heteroatoms. The molecule has 2 saturated heterocycles. The Labute approximate surface area is 153 Å². The van der Waals surface area contributed by atoms with Crippen molar-refractivity contribution in [3.63, 3.8) is 0 Å². The maximum absolute atomic E-state index is 5.43. The first-order chi connectivity index (χ1) is 12.2. The van der Waals surface area contributed by atoms with E-state index in [-0.39, 0.29) is 0 Å². The van der Waals surface area contributed by atoms with Crippen LogP contribution in [0, 0.1) is 6.92 Å². The van der Waals surface area contributed by atoms with Gasteiger partial charge in [-0.3, -0.25) is 4.90 Å². The molecule has 0 aliphatic carbocycles. The number of ether oxygens (including phenoxy) is 1. The smallest absolute Gasteiger partial charge is 0.0594 e. The van der Waals surface area contributed by atoms with Crippen LogP contribution in [0.2, 0.25) is 0 Å². The molecule has 0 unspecified atom stereocenters. The van der Waals surface area contributed by atoms with Crippen molar-refractivity contribution in [3.8, 4) is 0 Å². The minimum atomic E-state index is 0.583. The quantitative estimate of drug-likeness (QED) is 0.822. The molecule has 4 nitrogen and oxygen atoms in total. The molecule has 1 aromatic rings. The number of benzene rings is 1. The van der Waals surface area contributed by atoms with Crippen molar-refractivity contribution in [1.82, 2.24) is 15.1 Å². The van der Waals surface area contributed by atoms with Gasteiger partial charge in [0, 0.05) is 38.8 Å². The lowest BCUT2D eigenvalue weighted by Gasteiger charge is -2.35. The van der Waals surface area contributed by atoms with Crippen LogP contribution in [0.15, 0.2) is 24.3 Å². The summed E-state index contributed by atoms with van der Waals surface area (Å²) in [5.41, 5.74) is 2.81. The molecule has 25 heavy (non-hydrogen) atoms. The third-order valence-corrected chi connectivity index (χ3v) is 5.75. The molecule has 0 amide bonds. The zero-order valence-corrected chi connectivity index (χ0v) is 16.0. The van der Waals surface area contributed by atoms with E-state index in [9.17, 15) is 0 Å². The van der Waals surface area contributed by atoms with Crippen LogP contribution in [-0.4, -0.2) is 74.9 Å². The average molecular weight is 346 g/mol. The molecule has 2 aliphatic rings. The fourth-order valence-electron chi connectivity index (χ4n) is 3.91. The lowest BCUT2D eigenvalue weighted by Crippen LogP contribution is -2.46. The molecule has 2 aliphatic heterocycles. The highest BCUT2D eigenvalue weighted by atomic mass is 16.5. The first-order valence-corrected chi connectivity index (χ1v) is 10.0. The lowest BCUT2D eigenvalue weighted by molar-refractivity contribution is 0.0319. The number of morpholine rings is 1. The van der Waals surface area contributed by atoms with E-state index in [1.165, 1.54) is 50.1 Å². The number of nitrogens with one attached hydrogen (secondary N) is 1. The Morgan fingerprint density at radius 2 is 1.76 bits per heavy atom. The number of likely N-dealkylation sites (tertiary alicyclic amines) is 1. The second kappa shape index (κ2) is 9.67. The number of aryl methyl sites for hydroxylation is 1. The van der Waals surface area contributed by atoms with Gasteiger partial charge in [-0.15, -0.1) is 0 Å². The van der Waals surface area contributed by atoms with E-state index >= 15 is 0 Å². The molecule has 2 fully saturated rings. The van der Waals surface area contributed by atoms with E-state index in [0.717, 1.165) is 32.8 Å². The molecular weight excluding hydrogens is 310 g/mol. The zero-order valence-electron chi connectivity index (χ0n) is 16.0. The zero-order chi connectivity index (χ0) is 17.5. The van der Waals surface area contributed by atoms with Crippen LogP contribution in [0.25, 0.3) is 0 Å². The van der Waals surface area contributed by atoms with Crippen molar-refractivity contribution in [3.05, 3.63) is 35.4 Å². The highest BCUT2D eigenvalue weighted by Crippen LogP contribution is 2.17. The number of piperidine rings is 1. The Bertz CT molecular complexity index is 508. The number of rotatable bonds is 7. The Morgan fingerprint density at radius 1 is 1.08 bits per heavy atom. The lowest BCUT2D eigenvalue weighted by atomic mass is 9.98. The molecule has 0 spiro atoms. The Morgan fingerprint density at radius 3 is 2.44 bits per heavy atom. The predicted octanol–water partition coefficient (Wildman–Crippen LogP) is 2.48. The number of hydrogen-bond acceptors (Lipinski definition) is 4. The summed E-state index contributed by atoms with van der Waals surface area (Å²) < 4.78 is 5.43. The fourth-order valence-corrected chi connectivity index (χ4v) is 3.91. The van der Waals surface area contributed by atoms with E-state index < -0.39 is 0 Å². The second-order valence-electron chi connectivity index (χ2n) is 7.79. The molecule has 140 valence electrons. The van der Waals surface area contributed by atoms with E-state index in [1.807, 2.05) is 0 Å². The van der Waals surface area contributed by atoms with Crippen molar-refractivity contribution in [2.24, 2.45) is 0 Å². The van der Waals surface area contributed by atoms with Crippen LogP contribution in [-0.2, 0) is 4.74 Å². The van der Waals surface area contributed by atoms with Crippen molar-refractivity contribution in [2.75, 3.05) is 59.0 Å². The van der Waals surface area contributed by atoms with Gasteiger partial charge in [-0.05, 0) is 44.3 Å². The van der Waals surface area contributed by atoms with Gasteiger partial charge in [-0.25, -0.2) is 0 Å². The second-order valence-corrected chi connectivity index (χ2v) is 7.79. The topological polar surface area (TPSA) is 27.7 Å². The monoisotopic (exact) mass is 345 g/mol. The van der Waals surface area contributed by atoms with E-state index in [2.05, 4.69) is 53.2 Å². The molecule has 1 atom stereocenters. The van der Waals surface area contributed by atoms with Gasteiger partial charge in [-0.2, -0.15) is 0 Å². The minimum Gasteiger partial charge on any atom is -0.379 e. The molecule has 1 aromatic carbocycles. The van der Waals surface area contributed by atoms with Crippen LogP contribution in [0.3, 0.4) is 0 Å². The molecule has 0 saturated carbocycles. The third kappa shape index (κ3) is 6.07. The summed E-state index contributed by atoms with van der Waals surface area (Å²) in [6, 6.07) is 9.62. The predicted molar refractivity (Wildman–Crippen MR) is 104 cm³/mol. The molecule has 3 rings (SSSR count). The highest BCUT2D eigenvalue weighted by molar-refractivity contribution is 5.25. The molecule has 0 bridgehead atoms. The van der Waals surface area contributed by atoms with Crippen molar-refractivity contribution in [1.29, 1.82) is 0 Å². The SMILES string of the molecule is Cc1cccc([C@H](C)CNC2CCN(CCN3CCOCC3)CC2)c1. The van der Waals surface area contributed by atoms with Crippen LogP contribution in [0.4, 0.5) is 0 Å². The summed E-state index contributed by atoms with van der Waals surface area (Å²) in [7, 11) is 0. The summed E-state index contributed by atoms with van der Waals surface area (Å²) in [5.74, 6) is 0.583. The van der Waals surface area contributed by atoms with Crippen molar-refractivity contribution < 1.29 is 4.74 Å². The van der Waals surface area contributed by atoms with Gasteiger partial charge in [0.1, 0.15) is 0 Å². The van der Waals surface area contributed by atoms with E-state index in [0.29, 0.717) is 12.0 Å². The summed E-state index contributed by atoms with van der Waals surface area (Å²) >= 11 is 0. The number of nitrogens with zero attached hydrogens (tertiary/aromatic N) is 2. The van der Waals surface area contributed by atoms with Crippen LogP contribution in [0.1, 0.15) is 36.8 Å². The third-order valence-electron chi connectivity index (χ3n) is 5.75. The van der Waals surface area contributed by atoms with Gasteiger partial charge in [0.05, 0.1) is 13.2 Å². The highest BCUT2D eigenvalue weighted by Gasteiger charge is 2.20. The van der Waals surface area contributed by atoms with Gasteiger partial charge >= 0.3 is 0 Å². The van der Waals surface area contributed by atoms with E-state index in [1.54, 1.807) is 0 Å². The average Bonchev–Trinajstić information content (AvgIpc) is 2.66. The largest absolute Gasteiger partial charge is 0.379 e. The summed E-state index contributed by atoms with van der Waals surface area (Å²) in [5, 5.41) is 3.81. The molecule has 2 heterocycles. The maximum atomic E-state index is 5.43. The molecular formula is C21H35N3O. The summed E-state index contributed by atoms with van der Waals surface area (Å²) in [6.45, 7) is 14.5. The van der Waals surface area contributed by atoms with Crippen LogP contribution >= 0.6 is 0 Å². The van der Waals surface area contributed by atoms with E-state index in [4.69, 9.17) is 4.74 Å². The summed E-state index contributed by atoms with van der Waals surface area (Å²) in [4.78, 5) is 5.18. The number of hydrogen-bond donors (Lipinski definition) is 1. The van der Waals surface area contributed by atoms with Crippen LogP contribution < -0.4 is 5.32 Å². The Balaban J connectivity index is 1.32. The Kier molecular flexibility index (Phi) is 7.29. The first-order valence-electron chi connectivity index (χ1n) is 10.0. The Hall–Kier alpha value is -0.940. The normalized spacial score (nSPS) is 22.2. The van der Waals surface area contributed by atoms with Gasteiger partial charge in [0.15, 0.2) is 0 Å². The molecule has 0 aromatic heterocycles. The fraction of sp³-hybridized carbons (Fsp3) is 0.714. The van der Waals surface area contributed by atoms with Gasteiger partial charge < -0.3 is 15.0 Å². The molecule has 0 radical (unpaired) electrons. The minimum absolute atomic E-state index is 0.583. The van der Waals surface area contributed by atoms with Crippen molar-refractivity contribution in [2.45, 2.75) is 38.6 Å². The van der Waals surface area contributed by atoms with Crippen molar-refractivity contribution >= 4 is 0 Å². The maximum Gasteiger partial charge on any atom is 0.0594 e. The van der Waals surface area contributed by atoms with Gasteiger partial charge in [-0.1, -0.05) is 36.8 Å². The first kappa shape index (κ1) is 18.8. The standard InChI is InChI=1S/C21H35N3O/c1-18-4-3-5-20(16-18)19(2)17-22-21-6-8-23(9-7-21)10-11-24-12-14-25-15-13-24/h3-5,16,19,21-22H,6-15,17H2,1-2H3/t19-/m1/s1. The van der Waals surface area contributed by atoms with Gasteiger partial charge in [0.25, 0.3) is 0 Å². The van der Waals surface area contributed by atoms with Gasteiger partial charge in [0.2, 0.25) is 0 Å². The van der Waals surface area contributed by atoms with Crippen LogP contribution in [0.5, 0.6) is 0 Å².